The van der Waals surface area contributed by atoms with Crippen molar-refractivity contribution in [2.45, 2.75) is 37.6 Å². The molecule has 4 rings (SSSR count). The summed E-state index contributed by atoms with van der Waals surface area (Å²) in [6.45, 7) is 3.20. The maximum absolute atomic E-state index is 14.2. The van der Waals surface area contributed by atoms with E-state index in [9.17, 15) is 30.8 Å². The average Bonchev–Trinajstić information content (AvgIpc) is 3.29. The van der Waals surface area contributed by atoms with E-state index in [2.05, 4.69) is 0 Å². The van der Waals surface area contributed by atoms with Crippen LogP contribution in [0.3, 0.4) is 0 Å². The molecule has 0 saturated carbocycles. The van der Waals surface area contributed by atoms with Gasteiger partial charge in [0.2, 0.25) is 10.0 Å². The maximum Gasteiger partial charge on any atom is 0.419 e. The Morgan fingerprint density at radius 2 is 1.73 bits per heavy atom. The fourth-order valence-corrected chi connectivity index (χ4v) is 7.00. The third-order valence-corrected chi connectivity index (χ3v) is 9.66. The number of hydrogen-bond acceptors (Lipinski definition) is 4. The van der Waals surface area contributed by atoms with Crippen molar-refractivity contribution in [1.82, 2.24) is 19.0 Å². The van der Waals surface area contributed by atoms with Crippen LogP contribution >= 0.6 is 23.2 Å². The van der Waals surface area contributed by atoms with Crippen molar-refractivity contribution in [1.29, 1.82) is 0 Å². The number of sulfonamides is 1. The molecular weight excluding hydrogens is 595 g/mol. The molecule has 2 fully saturated rings. The maximum atomic E-state index is 14.2. The number of carbonyl (C=O) groups is 1. The molecule has 0 aliphatic carbocycles. The summed E-state index contributed by atoms with van der Waals surface area (Å²) in [5.41, 5.74) is -0.137. The predicted molar refractivity (Wildman–Crippen MR) is 145 cm³/mol. The van der Waals surface area contributed by atoms with E-state index in [0.717, 1.165) is 24.0 Å². The van der Waals surface area contributed by atoms with Crippen LogP contribution in [0, 0.1) is 5.82 Å². The lowest BCUT2D eigenvalue weighted by Crippen LogP contribution is -2.57. The highest BCUT2D eigenvalue weighted by Gasteiger charge is 2.42. The smallest absolute Gasteiger partial charge is 0.322 e. The zero-order chi connectivity index (χ0) is 29.6. The van der Waals surface area contributed by atoms with Crippen LogP contribution in [0.4, 0.5) is 22.4 Å². The Bertz CT molecular complexity index is 1380. The lowest BCUT2D eigenvalue weighted by atomic mass is 9.93. The predicted octanol–water partition coefficient (Wildman–Crippen LogP) is 5.14. The van der Waals surface area contributed by atoms with Crippen molar-refractivity contribution < 1.29 is 30.8 Å². The van der Waals surface area contributed by atoms with Crippen LogP contribution in [0.2, 0.25) is 10.0 Å². The number of likely N-dealkylation sites (N-methyl/N-ethyl adjacent to an activating group) is 1. The fraction of sp³-hybridized carbons (Fsp3) is 0.500. The Morgan fingerprint density at radius 1 is 1.02 bits per heavy atom. The van der Waals surface area contributed by atoms with Crippen molar-refractivity contribution in [3.05, 3.63) is 69.0 Å². The third kappa shape index (κ3) is 6.67. The molecule has 3 atom stereocenters. The number of carbonyl (C=O) groups excluding carboxylic acids is 1. The number of benzene rings is 2. The van der Waals surface area contributed by atoms with Crippen LogP contribution in [-0.4, -0.2) is 91.6 Å². The molecule has 14 heteroatoms. The summed E-state index contributed by atoms with van der Waals surface area (Å²) in [6.07, 6.45) is -3.64. The standard InChI is InChI=1S/C26H30Cl2F4N4O3S/c1-16-12-34(8-9-36(16)40(3,38)39)25(37)35-14-19(18-5-7-21(27)22(28)11-18)24(15-35)33(2)13-17-4-6-20(23(29)10-17)26(30,31)32/h4-7,10-11,16,19,24H,8-9,12-15H2,1-3H3/t16-,19?,24?/m1/s1. The molecule has 0 aromatic heterocycles. The van der Waals surface area contributed by atoms with Gasteiger partial charge in [0.25, 0.3) is 0 Å². The number of alkyl halides is 3. The molecule has 2 aliphatic rings. The highest BCUT2D eigenvalue weighted by molar-refractivity contribution is 7.88. The molecule has 0 spiro atoms. The number of nitrogens with zero attached hydrogens (tertiary/aromatic N) is 4. The van der Waals surface area contributed by atoms with E-state index in [1.807, 2.05) is 11.0 Å². The SMILES string of the molecule is C[C@@H]1CN(C(=O)N2CC(c3ccc(Cl)c(Cl)c3)C(N(C)Cc3ccc(C(F)(F)F)c(F)c3)C2)CCN1S(C)(=O)=O. The summed E-state index contributed by atoms with van der Waals surface area (Å²) < 4.78 is 78.8. The molecule has 2 saturated heterocycles. The Kier molecular flexibility index (Phi) is 8.97. The van der Waals surface area contributed by atoms with Gasteiger partial charge in [-0.1, -0.05) is 35.3 Å². The zero-order valence-electron chi connectivity index (χ0n) is 22.1. The number of piperazine rings is 1. The minimum atomic E-state index is -4.79. The first kappa shape index (κ1) is 30.8. The van der Waals surface area contributed by atoms with Gasteiger partial charge in [0.05, 0.1) is 21.9 Å². The quantitative estimate of drug-likeness (QED) is 0.432. The Morgan fingerprint density at radius 3 is 2.30 bits per heavy atom. The van der Waals surface area contributed by atoms with Gasteiger partial charge in [0, 0.05) is 57.3 Å². The van der Waals surface area contributed by atoms with Gasteiger partial charge >= 0.3 is 12.2 Å². The first-order valence-corrected chi connectivity index (χ1v) is 15.2. The van der Waals surface area contributed by atoms with Crippen molar-refractivity contribution in [2.75, 3.05) is 46.0 Å². The van der Waals surface area contributed by atoms with E-state index >= 15 is 0 Å². The van der Waals surface area contributed by atoms with Gasteiger partial charge in [-0.05, 0) is 49.4 Å². The van der Waals surface area contributed by atoms with Crippen molar-refractivity contribution in [3.8, 4) is 0 Å². The second-order valence-electron chi connectivity index (χ2n) is 10.4. The van der Waals surface area contributed by atoms with Crippen LogP contribution in [-0.2, 0) is 22.7 Å². The van der Waals surface area contributed by atoms with E-state index in [0.29, 0.717) is 28.7 Å². The number of halogens is 6. The van der Waals surface area contributed by atoms with Crippen LogP contribution < -0.4 is 0 Å². The number of amides is 2. The Labute approximate surface area is 241 Å². The second kappa shape index (κ2) is 11.6. The molecule has 0 N–H and O–H groups in total. The highest BCUT2D eigenvalue weighted by atomic mass is 35.5. The summed E-state index contributed by atoms with van der Waals surface area (Å²) >= 11 is 12.4. The first-order chi connectivity index (χ1) is 18.6. The minimum absolute atomic E-state index is 0.143. The fourth-order valence-electron chi connectivity index (χ4n) is 5.56. The van der Waals surface area contributed by atoms with Crippen LogP contribution in [0.1, 0.15) is 29.5 Å². The molecule has 2 aromatic carbocycles. The minimum Gasteiger partial charge on any atom is -0.322 e. The zero-order valence-corrected chi connectivity index (χ0v) is 24.5. The number of hydrogen-bond donors (Lipinski definition) is 0. The molecule has 40 heavy (non-hydrogen) atoms. The number of rotatable bonds is 5. The number of likely N-dealkylation sites (tertiary alicyclic amines) is 1. The van der Waals surface area contributed by atoms with Crippen LogP contribution in [0.25, 0.3) is 0 Å². The van der Waals surface area contributed by atoms with E-state index in [1.54, 1.807) is 35.9 Å². The lowest BCUT2D eigenvalue weighted by Gasteiger charge is -2.39. The van der Waals surface area contributed by atoms with Crippen LogP contribution in [0.15, 0.2) is 36.4 Å². The van der Waals surface area contributed by atoms with Crippen molar-refractivity contribution in [2.24, 2.45) is 0 Å². The highest BCUT2D eigenvalue weighted by Crippen LogP contribution is 2.36. The Hall–Kier alpha value is -2.12. The molecule has 7 nitrogen and oxygen atoms in total. The monoisotopic (exact) mass is 624 g/mol. The topological polar surface area (TPSA) is 64.2 Å². The molecule has 2 amide bonds. The second-order valence-corrected chi connectivity index (χ2v) is 13.2. The van der Waals surface area contributed by atoms with E-state index in [-0.39, 0.29) is 50.2 Å². The molecule has 0 radical (unpaired) electrons. The summed E-state index contributed by atoms with van der Waals surface area (Å²) in [4.78, 5) is 18.8. The summed E-state index contributed by atoms with van der Waals surface area (Å²) in [7, 11) is -1.63. The van der Waals surface area contributed by atoms with Crippen molar-refractivity contribution >= 4 is 39.3 Å². The third-order valence-electron chi connectivity index (χ3n) is 7.53. The largest absolute Gasteiger partial charge is 0.419 e. The average molecular weight is 626 g/mol. The van der Waals surface area contributed by atoms with Gasteiger partial charge in [-0.25, -0.2) is 17.6 Å². The lowest BCUT2D eigenvalue weighted by molar-refractivity contribution is -0.140. The summed E-state index contributed by atoms with van der Waals surface area (Å²) in [5.74, 6) is -1.57. The van der Waals surface area contributed by atoms with Gasteiger partial charge in [-0.15, -0.1) is 0 Å². The van der Waals surface area contributed by atoms with Gasteiger partial charge in [0.1, 0.15) is 5.82 Å². The van der Waals surface area contributed by atoms with E-state index in [1.165, 1.54) is 10.4 Å². The number of urea groups is 1. The normalized spacial score (nSPS) is 22.8. The first-order valence-electron chi connectivity index (χ1n) is 12.6. The molecule has 2 unspecified atom stereocenters. The summed E-state index contributed by atoms with van der Waals surface area (Å²) in [5, 5.41) is 0.722. The molecular formula is C26H30Cl2F4N4O3S. The molecule has 2 aliphatic heterocycles. The Balaban J connectivity index is 1.56. The van der Waals surface area contributed by atoms with Gasteiger partial charge in [-0.3, -0.25) is 4.90 Å². The molecule has 2 aromatic rings. The van der Waals surface area contributed by atoms with E-state index in [4.69, 9.17) is 23.2 Å². The summed E-state index contributed by atoms with van der Waals surface area (Å²) in [6, 6.07) is 7.18. The van der Waals surface area contributed by atoms with E-state index < -0.39 is 27.6 Å². The van der Waals surface area contributed by atoms with Gasteiger partial charge in [-0.2, -0.15) is 17.5 Å². The molecule has 220 valence electrons. The molecule has 2 heterocycles. The van der Waals surface area contributed by atoms with Crippen LogP contribution in [0.5, 0.6) is 0 Å². The van der Waals surface area contributed by atoms with Crippen molar-refractivity contribution in [3.63, 3.8) is 0 Å². The van der Waals surface area contributed by atoms with Gasteiger partial charge in [0.15, 0.2) is 0 Å². The molecule has 0 bridgehead atoms. The van der Waals surface area contributed by atoms with Gasteiger partial charge < -0.3 is 9.80 Å².